The number of rotatable bonds is 28. The fraction of sp³-hybridized carbons (Fsp3) is 0.536. The SMILES string of the molecule is CC(=O)N[C@@H](CSCc1cc2cc(c1)CSC[C@H](N)C(=O)N[C@@H](CC(C)C)C(=O)N[C@@H](Cc1cnc[nH]1)C(=O)N[C@@H](CCC(N)=O)C(=O)N[C@@H](CC(=O)O)C(=O)N[C@@H](CC(C)C)C(=O)N[C@H](C(=O)O)CSC2)C(=O)N[C@@H](CO)C(=O)N[C@@H](Cc1c[nH]c2ccccc12)C(=O)N1CCC[C@H]1C(=O)N[C@@H](C)C(=O)O. The molecule has 0 radical (unpaired) electrons. The molecule has 12 amide bonds. The summed E-state index contributed by atoms with van der Waals surface area (Å²) in [6, 6.07) is -4.91. The van der Waals surface area contributed by atoms with Crippen molar-refractivity contribution in [3.05, 3.63) is 89.1 Å². The number of hydrogen-bond donors (Lipinski definition) is 18. The minimum absolute atomic E-state index is 0.00920. The second-order valence-electron chi connectivity index (χ2n) is 27.0. The Morgan fingerprint density at radius 1 is 0.692 bits per heavy atom. The molecule has 2 aromatic carbocycles. The van der Waals surface area contributed by atoms with Crippen molar-refractivity contribution in [3.63, 3.8) is 0 Å². The molecule has 4 aromatic rings. The van der Waals surface area contributed by atoms with Crippen molar-refractivity contribution in [1.82, 2.24) is 73.0 Å². The number of hydrogen-bond acceptors (Lipinski definition) is 21. The van der Waals surface area contributed by atoms with E-state index in [0.717, 1.165) is 22.7 Å². The van der Waals surface area contributed by atoms with Gasteiger partial charge in [0.2, 0.25) is 70.9 Å². The number of para-hydroxylation sites is 1. The number of carbonyl (C=O) groups excluding carboxylic acids is 12. The molecule has 1 fully saturated rings. The number of nitrogens with zero attached hydrogens (tertiary/aromatic N) is 2. The Labute approximate surface area is 629 Å². The molecule has 0 saturated carbocycles. The summed E-state index contributed by atoms with van der Waals surface area (Å²) in [7, 11) is 0. The molecule has 2 aromatic heterocycles. The highest BCUT2D eigenvalue weighted by Gasteiger charge is 2.41. The molecule has 38 heteroatoms. The van der Waals surface area contributed by atoms with E-state index in [9.17, 15) is 92.3 Å². The fourth-order valence-corrected chi connectivity index (χ4v) is 14.7. The van der Waals surface area contributed by atoms with Crippen LogP contribution in [0.2, 0.25) is 0 Å². The van der Waals surface area contributed by atoms with Crippen LogP contribution in [-0.4, -0.2) is 232 Å². The van der Waals surface area contributed by atoms with Gasteiger partial charge in [0.25, 0.3) is 0 Å². The normalized spacial score (nSPS) is 21.6. The molecule has 2 aliphatic rings. The van der Waals surface area contributed by atoms with Gasteiger partial charge in [-0.05, 0) is 79.2 Å². The van der Waals surface area contributed by atoms with E-state index in [1.807, 2.05) is 12.1 Å². The number of aliphatic hydroxyl groups is 1. The van der Waals surface area contributed by atoms with Gasteiger partial charge in [0.15, 0.2) is 0 Å². The molecule has 2 aliphatic heterocycles. The number of benzene rings is 2. The van der Waals surface area contributed by atoms with Gasteiger partial charge in [0.05, 0.1) is 25.4 Å². The third kappa shape index (κ3) is 27.5. The Morgan fingerprint density at radius 2 is 1.27 bits per heavy atom. The highest BCUT2D eigenvalue weighted by molar-refractivity contribution is 7.99. The van der Waals surface area contributed by atoms with E-state index >= 15 is 0 Å². The van der Waals surface area contributed by atoms with Crippen molar-refractivity contribution < 1.29 is 92.3 Å². The third-order valence-corrected chi connectivity index (χ3v) is 20.5. The zero-order chi connectivity index (χ0) is 78.8. The van der Waals surface area contributed by atoms with E-state index in [2.05, 4.69) is 68.1 Å². The van der Waals surface area contributed by atoms with Gasteiger partial charge in [-0.3, -0.25) is 67.1 Å². The van der Waals surface area contributed by atoms with Crippen LogP contribution in [0.5, 0.6) is 0 Å². The molecule has 1 saturated heterocycles. The van der Waals surface area contributed by atoms with Gasteiger partial charge < -0.3 is 99.9 Å². The minimum Gasteiger partial charge on any atom is -0.481 e. The molecule has 0 aliphatic carbocycles. The zero-order valence-corrected chi connectivity index (χ0v) is 62.5. The van der Waals surface area contributed by atoms with Gasteiger partial charge in [-0.2, -0.15) is 35.3 Å². The van der Waals surface area contributed by atoms with Crippen molar-refractivity contribution >= 4 is 135 Å². The van der Waals surface area contributed by atoms with Gasteiger partial charge in [-0.25, -0.2) is 9.78 Å². The molecule has 107 heavy (non-hydrogen) atoms. The smallest absolute Gasteiger partial charge is 0.327 e. The summed E-state index contributed by atoms with van der Waals surface area (Å²) in [6.07, 6.45) is 2.38. The van der Waals surface area contributed by atoms with Gasteiger partial charge >= 0.3 is 17.9 Å². The molecule has 0 unspecified atom stereocenters. The van der Waals surface area contributed by atoms with Crippen LogP contribution in [0.3, 0.4) is 0 Å². The van der Waals surface area contributed by atoms with Crippen LogP contribution in [0, 0.1) is 11.8 Å². The molecule has 0 spiro atoms. The van der Waals surface area contributed by atoms with Gasteiger partial charge in [-0.15, -0.1) is 0 Å². The number of aromatic amines is 2. The number of thioether (sulfide) groups is 3. The molecular weight excluding hydrogens is 1450 g/mol. The number of H-pyrrole nitrogens is 2. The number of amides is 12. The van der Waals surface area contributed by atoms with Crippen LogP contribution >= 0.6 is 35.3 Å². The average molecular weight is 1550 g/mol. The molecular formula is C69H96N16O19S3. The number of carboxylic acid groups (broad SMARTS) is 3. The largest absolute Gasteiger partial charge is 0.481 e. The summed E-state index contributed by atoms with van der Waals surface area (Å²) < 4.78 is 0. The number of primary amides is 1. The number of fused-ring (bicyclic) bond motifs is 3. The van der Waals surface area contributed by atoms with Crippen LogP contribution < -0.4 is 64.6 Å². The molecule has 20 N–H and O–H groups in total. The lowest BCUT2D eigenvalue weighted by atomic mass is 10.0. The Hall–Kier alpha value is -9.79. The summed E-state index contributed by atoms with van der Waals surface area (Å²) in [5.41, 5.74) is 15.6. The van der Waals surface area contributed by atoms with Crippen molar-refractivity contribution in [2.75, 3.05) is 30.4 Å². The van der Waals surface area contributed by atoms with E-state index in [-0.39, 0.29) is 85.0 Å². The Morgan fingerprint density at radius 3 is 1.88 bits per heavy atom. The molecule has 4 heterocycles. The summed E-state index contributed by atoms with van der Waals surface area (Å²) >= 11 is 3.52. The first-order valence-electron chi connectivity index (χ1n) is 34.7. The monoisotopic (exact) mass is 1550 g/mol. The summed E-state index contributed by atoms with van der Waals surface area (Å²) in [5.74, 6) is -15.5. The number of likely N-dealkylation sites (tertiary alicyclic amines) is 1. The number of nitrogens with one attached hydrogen (secondary N) is 12. The average Bonchev–Trinajstić information content (AvgIpc) is 1.70. The van der Waals surface area contributed by atoms with Gasteiger partial charge in [0, 0.05) is 96.2 Å². The fourth-order valence-electron chi connectivity index (χ4n) is 11.8. The highest BCUT2D eigenvalue weighted by Crippen LogP contribution is 2.27. The summed E-state index contributed by atoms with van der Waals surface area (Å²) in [5, 5.41) is 66.5. The minimum atomic E-state index is -1.94. The zero-order valence-electron chi connectivity index (χ0n) is 60.1. The maximum absolute atomic E-state index is 14.6. The number of carbonyl (C=O) groups is 15. The van der Waals surface area contributed by atoms with Crippen molar-refractivity contribution in [2.45, 2.75) is 189 Å². The van der Waals surface area contributed by atoms with Crippen LogP contribution in [-0.2, 0) is 102 Å². The lowest BCUT2D eigenvalue weighted by Gasteiger charge is -2.30. The quantitative estimate of drug-likeness (QED) is 0.0301. The highest BCUT2D eigenvalue weighted by atomic mass is 32.2. The first-order valence-corrected chi connectivity index (χ1v) is 38.2. The number of imidazole rings is 1. The molecule has 584 valence electrons. The van der Waals surface area contributed by atoms with E-state index in [4.69, 9.17) is 11.5 Å². The van der Waals surface area contributed by atoms with Crippen molar-refractivity contribution in [3.8, 4) is 0 Å². The van der Waals surface area contributed by atoms with Gasteiger partial charge in [-0.1, -0.05) is 64.1 Å². The van der Waals surface area contributed by atoms with Crippen molar-refractivity contribution in [2.24, 2.45) is 23.3 Å². The number of aromatic nitrogens is 3. The van der Waals surface area contributed by atoms with Crippen LogP contribution in [0.25, 0.3) is 10.9 Å². The standard InChI is InChI=1S/C69H96N16O19S3/c1-34(2)16-47-60(93)80-49(22-42-25-72-33-74-42)62(95)77-46(13-14-56(71)88)59(92)81-50(23-57(89)90)63(96)79-48(17-35(3)4)61(94)84-54(69(103)104)32-107-29-40-19-38(27-105-30-44(70)58(91)78-47)18-39(20-40)28-106-31-53(76-37(6)87)65(98)83-52(26-86)64(97)82-51(21-41-24-73-45-11-8-7-10-43(41)45)67(100)85-15-9-12-55(85)66(99)75-36(5)68(101)102/h7-8,10-11,18-20,24-25,33-36,44,46-55,73,86H,9,12-17,21-23,26-32,70H2,1-6H3,(H2,71,88)(H,72,74)(H,75,99)(H,76,87)(H,77,95)(H,78,91)(H,79,96)(H,80,93)(H,81,92)(H,82,97)(H,83,98)(H,84,94)(H,89,90)(H,101,102)(H,103,104)/t36-,44-,46-,47-,48-,49-,50-,51-,52-,53-,54-,55-/m0/s1. The molecule has 35 nitrogen and oxygen atoms in total. The van der Waals surface area contributed by atoms with E-state index in [0.29, 0.717) is 34.4 Å². The maximum atomic E-state index is 14.6. The predicted octanol–water partition coefficient (Wildman–Crippen LogP) is -1.71. The molecule has 6 rings (SSSR count). The number of carboxylic acids is 3. The Kier molecular flexibility index (Phi) is 33.8. The lowest BCUT2D eigenvalue weighted by Crippen LogP contribution is -2.60. The molecule has 12 atom stereocenters. The lowest BCUT2D eigenvalue weighted by molar-refractivity contribution is -0.144. The topological polar surface area (TPSA) is 557 Å². The Balaban J connectivity index is 1.26. The second kappa shape index (κ2) is 41.9. The molecule has 2 bridgehead atoms. The number of aliphatic hydroxyl groups excluding tert-OH is 1. The second-order valence-corrected chi connectivity index (χ2v) is 30.1. The maximum Gasteiger partial charge on any atom is 0.327 e. The van der Waals surface area contributed by atoms with Crippen molar-refractivity contribution in [1.29, 1.82) is 0 Å². The van der Waals surface area contributed by atoms with E-state index < -0.39 is 187 Å². The summed E-state index contributed by atoms with van der Waals surface area (Å²) in [4.78, 5) is 214. The number of aliphatic carboxylic acids is 3. The first kappa shape index (κ1) is 86.1. The van der Waals surface area contributed by atoms with Crippen LogP contribution in [0.1, 0.15) is 114 Å². The first-order chi connectivity index (χ1) is 50.7. The Bertz CT molecular complexity index is 3840. The van der Waals surface area contributed by atoms with Gasteiger partial charge in [0.1, 0.15) is 66.5 Å². The summed E-state index contributed by atoms with van der Waals surface area (Å²) in [6.45, 7) is 8.51. The van der Waals surface area contributed by atoms with Crippen LogP contribution in [0.4, 0.5) is 0 Å². The predicted molar refractivity (Wildman–Crippen MR) is 395 cm³/mol. The number of nitrogens with two attached hydrogens (primary N) is 2. The van der Waals surface area contributed by atoms with E-state index in [1.54, 1.807) is 64.2 Å². The third-order valence-electron chi connectivity index (χ3n) is 17.1. The van der Waals surface area contributed by atoms with Crippen LogP contribution in [0.15, 0.2) is 61.2 Å². The van der Waals surface area contributed by atoms with E-state index in [1.165, 1.54) is 54.8 Å².